The molecule has 0 atom stereocenters. The first-order valence-corrected chi connectivity index (χ1v) is 14.9. The maximum atomic E-state index is 15.2. The molecule has 10 nitrogen and oxygen atoms in total. The Morgan fingerprint density at radius 3 is 2.18 bits per heavy atom. The van der Waals surface area contributed by atoms with Crippen LogP contribution in [0.15, 0.2) is 60.8 Å². The zero-order chi connectivity index (χ0) is 31.3. The number of anilines is 7. The van der Waals surface area contributed by atoms with Crippen LogP contribution in [0.4, 0.5) is 48.9 Å². The molecule has 0 spiro atoms. The Balaban J connectivity index is 1.33. The molecule has 4 aromatic rings. The van der Waals surface area contributed by atoms with E-state index in [1.54, 1.807) is 30.5 Å². The molecule has 2 aliphatic rings. The van der Waals surface area contributed by atoms with E-state index >= 15 is 4.39 Å². The Labute approximate surface area is 264 Å². The van der Waals surface area contributed by atoms with Crippen LogP contribution in [0.5, 0.6) is 0 Å². The van der Waals surface area contributed by atoms with E-state index in [-0.39, 0.29) is 23.4 Å². The van der Waals surface area contributed by atoms with Gasteiger partial charge in [-0.25, -0.2) is 18.7 Å². The maximum Gasteiger partial charge on any atom is 0.227 e. The normalized spacial score (nSPS) is 15.1. The van der Waals surface area contributed by atoms with Crippen LogP contribution in [0.3, 0.4) is 0 Å². The molecular weight excluding hydrogens is 604 g/mol. The number of nitrogens with zero attached hydrogens (tertiary/aromatic N) is 4. The molecule has 234 valence electrons. The number of aromatic nitrogens is 2. The Kier molecular flexibility index (Phi) is 9.24. The SMILES string of the molecule is CC(=O)Nc1cc(F)cc(-c2nc(Nc3ccc(Cl)c(N4CCOCC4)c3)ncc2Nc2ccc(N3CCOCC3)c(F)c2)c1. The van der Waals surface area contributed by atoms with E-state index in [1.807, 2.05) is 17.0 Å². The summed E-state index contributed by atoms with van der Waals surface area (Å²) in [6.45, 7) is 6.30. The van der Waals surface area contributed by atoms with Crippen molar-refractivity contribution >= 4 is 57.6 Å². The number of benzene rings is 3. The van der Waals surface area contributed by atoms with Crippen molar-refractivity contribution in [1.29, 1.82) is 0 Å². The molecule has 3 heterocycles. The van der Waals surface area contributed by atoms with E-state index in [2.05, 4.69) is 25.8 Å². The summed E-state index contributed by atoms with van der Waals surface area (Å²) in [5.74, 6) is -1.06. The lowest BCUT2D eigenvalue weighted by atomic mass is 10.1. The monoisotopic (exact) mass is 635 g/mol. The number of amides is 1. The van der Waals surface area contributed by atoms with Crippen molar-refractivity contribution in [1.82, 2.24) is 9.97 Å². The smallest absolute Gasteiger partial charge is 0.227 e. The van der Waals surface area contributed by atoms with Crippen LogP contribution in [0.2, 0.25) is 5.02 Å². The lowest BCUT2D eigenvalue weighted by Crippen LogP contribution is -2.36. The molecule has 2 aliphatic heterocycles. The van der Waals surface area contributed by atoms with Crippen LogP contribution in [-0.4, -0.2) is 68.5 Å². The van der Waals surface area contributed by atoms with Gasteiger partial charge in [-0.15, -0.1) is 0 Å². The summed E-state index contributed by atoms with van der Waals surface area (Å²) in [6.07, 6.45) is 1.54. The van der Waals surface area contributed by atoms with Gasteiger partial charge < -0.3 is 35.2 Å². The zero-order valence-corrected chi connectivity index (χ0v) is 25.3. The number of morpholine rings is 2. The summed E-state index contributed by atoms with van der Waals surface area (Å²) >= 11 is 6.52. The largest absolute Gasteiger partial charge is 0.378 e. The van der Waals surface area contributed by atoms with Gasteiger partial charge in [0.05, 0.1) is 60.4 Å². The van der Waals surface area contributed by atoms with Gasteiger partial charge in [0.15, 0.2) is 0 Å². The van der Waals surface area contributed by atoms with E-state index in [1.165, 1.54) is 25.1 Å². The number of rotatable bonds is 8. The Hall–Kier alpha value is -4.52. The fourth-order valence-corrected chi connectivity index (χ4v) is 5.56. The van der Waals surface area contributed by atoms with Crippen molar-refractivity contribution in [3.8, 4) is 11.3 Å². The molecule has 0 saturated carbocycles. The van der Waals surface area contributed by atoms with Gasteiger partial charge in [-0.3, -0.25) is 4.79 Å². The molecule has 2 fully saturated rings. The average Bonchev–Trinajstić information content (AvgIpc) is 3.03. The van der Waals surface area contributed by atoms with Crippen molar-refractivity contribution in [2.45, 2.75) is 6.92 Å². The molecule has 3 aromatic carbocycles. The van der Waals surface area contributed by atoms with Crippen LogP contribution >= 0.6 is 11.6 Å². The summed E-state index contributed by atoms with van der Waals surface area (Å²) < 4.78 is 40.9. The minimum atomic E-state index is -0.566. The first-order valence-electron chi connectivity index (χ1n) is 14.6. The van der Waals surface area contributed by atoms with E-state index in [9.17, 15) is 9.18 Å². The molecule has 0 radical (unpaired) electrons. The van der Waals surface area contributed by atoms with E-state index in [0.29, 0.717) is 91.6 Å². The van der Waals surface area contributed by atoms with Crippen molar-refractivity contribution in [2.24, 2.45) is 0 Å². The fourth-order valence-electron chi connectivity index (χ4n) is 5.32. The van der Waals surface area contributed by atoms with Gasteiger partial charge in [0.2, 0.25) is 11.9 Å². The summed E-state index contributed by atoms with van der Waals surface area (Å²) in [7, 11) is 0. The van der Waals surface area contributed by atoms with Gasteiger partial charge in [-0.2, -0.15) is 0 Å². The van der Waals surface area contributed by atoms with Crippen molar-refractivity contribution in [3.63, 3.8) is 0 Å². The van der Waals surface area contributed by atoms with Crippen molar-refractivity contribution in [2.75, 3.05) is 78.4 Å². The predicted molar refractivity (Wildman–Crippen MR) is 172 cm³/mol. The highest BCUT2D eigenvalue weighted by Crippen LogP contribution is 2.35. The summed E-state index contributed by atoms with van der Waals surface area (Å²) in [6, 6.07) is 14.5. The molecule has 0 bridgehead atoms. The third kappa shape index (κ3) is 7.42. The quantitative estimate of drug-likeness (QED) is 0.209. The molecule has 0 unspecified atom stereocenters. The molecule has 1 aromatic heterocycles. The van der Waals surface area contributed by atoms with Crippen molar-refractivity contribution < 1.29 is 23.0 Å². The molecule has 45 heavy (non-hydrogen) atoms. The minimum Gasteiger partial charge on any atom is -0.378 e. The predicted octanol–water partition coefficient (Wildman–Crippen LogP) is 6.19. The standard InChI is InChI=1S/C32H32ClF2N7O3/c1-20(43)37-25-15-21(14-22(34)16-25)31-28(38-23-3-5-29(27(35)17-23)41-6-10-44-11-7-41)19-36-32(40-31)39-24-2-4-26(33)30(18-24)42-8-12-45-13-9-42/h2-5,14-19,38H,6-13H2,1H3,(H,37,43)(H,36,39,40). The Bertz CT molecular complexity index is 1700. The number of carbonyl (C=O) groups is 1. The van der Waals surface area contributed by atoms with E-state index < -0.39 is 5.82 Å². The summed E-state index contributed by atoms with van der Waals surface area (Å²) in [4.78, 5) is 25.0. The second kappa shape index (κ2) is 13.6. The first-order chi connectivity index (χ1) is 21.8. The number of halogens is 3. The third-order valence-electron chi connectivity index (χ3n) is 7.41. The van der Waals surface area contributed by atoms with Gasteiger partial charge in [0.1, 0.15) is 11.6 Å². The maximum absolute atomic E-state index is 15.2. The van der Waals surface area contributed by atoms with Crippen LogP contribution in [0, 0.1) is 11.6 Å². The van der Waals surface area contributed by atoms with Gasteiger partial charge in [-0.1, -0.05) is 11.6 Å². The van der Waals surface area contributed by atoms with Crippen LogP contribution < -0.4 is 25.8 Å². The van der Waals surface area contributed by atoms with Crippen LogP contribution in [0.1, 0.15) is 6.92 Å². The van der Waals surface area contributed by atoms with Gasteiger partial charge in [0.25, 0.3) is 0 Å². The average molecular weight is 636 g/mol. The Morgan fingerprint density at radius 1 is 0.822 bits per heavy atom. The number of ether oxygens (including phenoxy) is 2. The molecule has 0 aliphatic carbocycles. The number of hydrogen-bond acceptors (Lipinski definition) is 9. The van der Waals surface area contributed by atoms with Gasteiger partial charge >= 0.3 is 0 Å². The third-order valence-corrected chi connectivity index (χ3v) is 7.73. The highest BCUT2D eigenvalue weighted by Gasteiger charge is 2.19. The van der Waals surface area contributed by atoms with Gasteiger partial charge in [0, 0.05) is 55.7 Å². The second-order valence-electron chi connectivity index (χ2n) is 10.6. The molecule has 1 amide bonds. The van der Waals surface area contributed by atoms with Crippen molar-refractivity contribution in [3.05, 3.63) is 77.5 Å². The van der Waals surface area contributed by atoms with Crippen LogP contribution in [-0.2, 0) is 14.3 Å². The Morgan fingerprint density at radius 2 is 1.49 bits per heavy atom. The van der Waals surface area contributed by atoms with Gasteiger partial charge in [-0.05, 0) is 54.6 Å². The molecule has 2 saturated heterocycles. The highest BCUT2D eigenvalue weighted by molar-refractivity contribution is 6.33. The number of carbonyl (C=O) groups excluding carboxylic acids is 1. The topological polar surface area (TPSA) is 104 Å². The summed E-state index contributed by atoms with van der Waals surface area (Å²) in [5, 5.41) is 9.64. The highest BCUT2D eigenvalue weighted by atomic mass is 35.5. The number of nitrogens with one attached hydrogen (secondary N) is 3. The lowest BCUT2D eigenvalue weighted by molar-refractivity contribution is -0.114. The molecule has 3 N–H and O–H groups in total. The number of hydrogen-bond donors (Lipinski definition) is 3. The van der Waals surface area contributed by atoms with E-state index in [0.717, 1.165) is 5.69 Å². The minimum absolute atomic E-state index is 0.241. The van der Waals surface area contributed by atoms with Crippen LogP contribution in [0.25, 0.3) is 11.3 Å². The second-order valence-corrected chi connectivity index (χ2v) is 11.1. The summed E-state index contributed by atoms with van der Waals surface area (Å²) in [5.41, 5.74) is 3.89. The van der Waals surface area contributed by atoms with E-state index in [4.69, 9.17) is 26.1 Å². The first kappa shape index (κ1) is 30.5. The zero-order valence-electron chi connectivity index (χ0n) is 24.6. The fraction of sp³-hybridized carbons (Fsp3) is 0.281. The molecular formula is C32H32ClF2N7O3. The molecule has 13 heteroatoms. The molecule has 6 rings (SSSR count). The lowest BCUT2D eigenvalue weighted by Gasteiger charge is -2.30.